The summed E-state index contributed by atoms with van der Waals surface area (Å²) in [5.74, 6) is 0. The van der Waals surface area contributed by atoms with E-state index >= 15 is 0 Å². The highest BCUT2D eigenvalue weighted by Crippen LogP contribution is 2.73. The van der Waals surface area contributed by atoms with Gasteiger partial charge in [-0.2, -0.15) is 0 Å². The summed E-state index contributed by atoms with van der Waals surface area (Å²) in [6.07, 6.45) is 5.80. The van der Waals surface area contributed by atoms with E-state index in [1.54, 1.807) is 0 Å². The molecular weight excluding hydrogens is 148 g/mol. The highest BCUT2D eigenvalue weighted by Gasteiger charge is 2.72. The number of fused-ring (bicyclic) bond motifs is 1. The Morgan fingerprint density at radius 2 is 1.83 bits per heavy atom. The molecule has 2 fully saturated rings. The van der Waals surface area contributed by atoms with E-state index in [2.05, 4.69) is 20.8 Å². The number of hydrogen-bond donors (Lipinski definition) is 1. The van der Waals surface area contributed by atoms with E-state index in [9.17, 15) is 5.11 Å². The maximum absolute atomic E-state index is 10.2. The third-order valence-corrected chi connectivity index (χ3v) is 3.81. The van der Waals surface area contributed by atoms with Crippen molar-refractivity contribution in [3.63, 3.8) is 0 Å². The Kier molecular flexibility index (Phi) is 1.47. The van der Waals surface area contributed by atoms with Gasteiger partial charge in [0.1, 0.15) is 0 Å². The highest BCUT2D eigenvalue weighted by atomic mass is 16.3. The molecule has 2 rings (SSSR count). The molecule has 2 aliphatic rings. The molecule has 2 saturated carbocycles. The van der Waals surface area contributed by atoms with Crippen LogP contribution in [0.25, 0.3) is 0 Å². The second-order valence-electron chi connectivity index (χ2n) is 5.76. The van der Waals surface area contributed by atoms with E-state index in [-0.39, 0.29) is 5.60 Å². The third kappa shape index (κ3) is 0.953. The Morgan fingerprint density at radius 3 is 2.25 bits per heavy atom. The van der Waals surface area contributed by atoms with Crippen molar-refractivity contribution >= 4 is 0 Å². The van der Waals surface area contributed by atoms with Crippen molar-refractivity contribution in [1.29, 1.82) is 0 Å². The van der Waals surface area contributed by atoms with E-state index in [1.165, 1.54) is 19.3 Å². The molecule has 1 nitrogen and oxygen atoms in total. The van der Waals surface area contributed by atoms with Crippen LogP contribution in [0.15, 0.2) is 0 Å². The summed E-state index contributed by atoms with van der Waals surface area (Å²) >= 11 is 0. The molecule has 0 amide bonds. The fraction of sp³-hybridized carbons (Fsp3) is 1.00. The predicted molar refractivity (Wildman–Crippen MR) is 49.9 cm³/mol. The van der Waals surface area contributed by atoms with Gasteiger partial charge in [0.15, 0.2) is 0 Å². The quantitative estimate of drug-likeness (QED) is 0.672. The van der Waals surface area contributed by atoms with Gasteiger partial charge in [0.05, 0.1) is 5.60 Å². The smallest absolute Gasteiger partial charge is 0.0716 e. The van der Waals surface area contributed by atoms with E-state index in [0.717, 1.165) is 12.8 Å². The maximum Gasteiger partial charge on any atom is 0.0716 e. The van der Waals surface area contributed by atoms with Crippen molar-refractivity contribution in [1.82, 2.24) is 0 Å². The molecule has 0 unspecified atom stereocenters. The summed E-state index contributed by atoms with van der Waals surface area (Å²) in [5, 5.41) is 10.2. The standard InChI is InChI=1S/C11H20O/c1-4-5-10-6-9(2,3)7-11(10,12)8-10/h12H,4-8H2,1-3H3/t10-,11-/m1/s1. The van der Waals surface area contributed by atoms with Crippen molar-refractivity contribution in [2.24, 2.45) is 10.8 Å². The molecule has 0 saturated heterocycles. The first-order valence-corrected chi connectivity index (χ1v) is 5.16. The molecule has 0 heterocycles. The summed E-state index contributed by atoms with van der Waals surface area (Å²) in [7, 11) is 0. The SMILES string of the molecule is CCC[C@]12CC(C)(C)C[C@@]1(O)C2. The Morgan fingerprint density at radius 1 is 1.17 bits per heavy atom. The molecule has 0 bridgehead atoms. The molecule has 2 aliphatic carbocycles. The average Bonchev–Trinajstić information content (AvgIpc) is 2.24. The van der Waals surface area contributed by atoms with Crippen LogP contribution in [0.2, 0.25) is 0 Å². The van der Waals surface area contributed by atoms with Crippen LogP contribution < -0.4 is 0 Å². The Labute approximate surface area is 75.2 Å². The average molecular weight is 168 g/mol. The van der Waals surface area contributed by atoms with Gasteiger partial charge in [-0.3, -0.25) is 0 Å². The third-order valence-electron chi connectivity index (χ3n) is 3.81. The van der Waals surface area contributed by atoms with Crippen LogP contribution in [0, 0.1) is 10.8 Å². The maximum atomic E-state index is 10.2. The minimum Gasteiger partial charge on any atom is -0.389 e. The van der Waals surface area contributed by atoms with E-state index in [0.29, 0.717) is 10.8 Å². The Hall–Kier alpha value is -0.0400. The first-order valence-electron chi connectivity index (χ1n) is 5.16. The van der Waals surface area contributed by atoms with E-state index in [1.807, 2.05) is 0 Å². The fourth-order valence-corrected chi connectivity index (χ4v) is 3.65. The van der Waals surface area contributed by atoms with Gasteiger partial charge >= 0.3 is 0 Å². The monoisotopic (exact) mass is 168 g/mol. The van der Waals surface area contributed by atoms with E-state index < -0.39 is 0 Å². The first-order chi connectivity index (χ1) is 5.43. The summed E-state index contributed by atoms with van der Waals surface area (Å²) in [6, 6.07) is 0. The zero-order valence-corrected chi connectivity index (χ0v) is 8.48. The lowest BCUT2D eigenvalue weighted by Gasteiger charge is -2.21. The summed E-state index contributed by atoms with van der Waals surface area (Å²) in [4.78, 5) is 0. The van der Waals surface area contributed by atoms with Gasteiger partial charge in [-0.25, -0.2) is 0 Å². The molecule has 0 spiro atoms. The minimum atomic E-state index is -0.257. The Balaban J connectivity index is 2.13. The van der Waals surface area contributed by atoms with Gasteiger partial charge in [0.25, 0.3) is 0 Å². The van der Waals surface area contributed by atoms with Crippen LogP contribution in [-0.2, 0) is 0 Å². The van der Waals surface area contributed by atoms with Crippen LogP contribution >= 0.6 is 0 Å². The second kappa shape index (κ2) is 2.06. The second-order valence-corrected chi connectivity index (χ2v) is 5.76. The lowest BCUT2D eigenvalue weighted by Crippen LogP contribution is -2.14. The van der Waals surface area contributed by atoms with Gasteiger partial charge < -0.3 is 5.11 Å². The van der Waals surface area contributed by atoms with Crippen LogP contribution in [0.1, 0.15) is 52.9 Å². The zero-order valence-electron chi connectivity index (χ0n) is 8.48. The fourth-order valence-electron chi connectivity index (χ4n) is 3.65. The van der Waals surface area contributed by atoms with Crippen molar-refractivity contribution in [2.75, 3.05) is 0 Å². The van der Waals surface area contributed by atoms with Crippen LogP contribution in [0.4, 0.5) is 0 Å². The normalized spacial score (nSPS) is 49.0. The molecular formula is C11H20O. The predicted octanol–water partition coefficient (Wildman–Crippen LogP) is 2.73. The van der Waals surface area contributed by atoms with Crippen molar-refractivity contribution in [3.8, 4) is 0 Å². The minimum absolute atomic E-state index is 0.257. The van der Waals surface area contributed by atoms with Crippen LogP contribution in [0.5, 0.6) is 0 Å². The Bertz CT molecular complexity index is 209. The summed E-state index contributed by atoms with van der Waals surface area (Å²) < 4.78 is 0. The van der Waals surface area contributed by atoms with Crippen LogP contribution in [0.3, 0.4) is 0 Å². The lowest BCUT2D eigenvalue weighted by atomic mass is 9.84. The topological polar surface area (TPSA) is 20.2 Å². The van der Waals surface area contributed by atoms with Crippen molar-refractivity contribution < 1.29 is 5.11 Å². The molecule has 1 N–H and O–H groups in total. The first kappa shape index (κ1) is 8.55. The molecule has 0 aromatic heterocycles. The number of aliphatic hydroxyl groups is 1. The molecule has 0 radical (unpaired) electrons. The molecule has 0 aliphatic heterocycles. The van der Waals surface area contributed by atoms with Gasteiger partial charge in [-0.05, 0) is 31.1 Å². The van der Waals surface area contributed by atoms with E-state index in [4.69, 9.17) is 0 Å². The summed E-state index contributed by atoms with van der Waals surface area (Å²) in [5.41, 5.74) is 0.472. The number of hydrogen-bond acceptors (Lipinski definition) is 1. The molecule has 0 aromatic carbocycles. The molecule has 12 heavy (non-hydrogen) atoms. The highest BCUT2D eigenvalue weighted by molar-refractivity contribution is 5.23. The van der Waals surface area contributed by atoms with Crippen molar-refractivity contribution in [3.05, 3.63) is 0 Å². The van der Waals surface area contributed by atoms with Gasteiger partial charge in [0, 0.05) is 5.41 Å². The largest absolute Gasteiger partial charge is 0.389 e. The van der Waals surface area contributed by atoms with Crippen molar-refractivity contribution in [2.45, 2.75) is 58.5 Å². The van der Waals surface area contributed by atoms with Gasteiger partial charge in [-0.15, -0.1) is 0 Å². The number of rotatable bonds is 2. The molecule has 1 heteroatoms. The van der Waals surface area contributed by atoms with Gasteiger partial charge in [0.2, 0.25) is 0 Å². The molecule has 2 atom stereocenters. The summed E-state index contributed by atoms with van der Waals surface area (Å²) in [6.45, 7) is 6.79. The molecule has 0 aromatic rings. The zero-order chi connectivity index (χ0) is 9.04. The van der Waals surface area contributed by atoms with Crippen LogP contribution in [-0.4, -0.2) is 10.7 Å². The van der Waals surface area contributed by atoms with Gasteiger partial charge in [-0.1, -0.05) is 27.2 Å². The molecule has 70 valence electrons. The lowest BCUT2D eigenvalue weighted by molar-refractivity contribution is 0.104.